The molecule has 162 valence electrons. The van der Waals surface area contributed by atoms with Gasteiger partial charge in [-0.2, -0.15) is 0 Å². The molecule has 0 saturated carbocycles. The number of aromatic amines is 1. The van der Waals surface area contributed by atoms with E-state index in [4.69, 9.17) is 10.9 Å². The number of aromatic nitrogens is 2. The average Bonchev–Trinajstić information content (AvgIpc) is 3.18. The number of benzene rings is 2. The molecule has 6 N–H and O–H groups in total. The maximum atomic E-state index is 12.0. The van der Waals surface area contributed by atoms with Gasteiger partial charge in [0, 0.05) is 29.3 Å². The molecule has 32 heavy (non-hydrogen) atoms. The fourth-order valence-electron chi connectivity index (χ4n) is 3.30. The van der Waals surface area contributed by atoms with Crippen molar-refractivity contribution in [3.63, 3.8) is 0 Å². The molecule has 0 radical (unpaired) electrons. The summed E-state index contributed by atoms with van der Waals surface area (Å²) in [6, 6.07) is 19.3. The van der Waals surface area contributed by atoms with Crippen LogP contribution in [-0.4, -0.2) is 24.3 Å². The van der Waals surface area contributed by atoms with Crippen molar-refractivity contribution in [2.75, 3.05) is 5.32 Å². The third-order valence-corrected chi connectivity index (χ3v) is 5.88. The van der Waals surface area contributed by atoms with Gasteiger partial charge in [-0.15, -0.1) is 0 Å². The molecule has 2 aromatic heterocycles. The zero-order valence-corrected chi connectivity index (χ0v) is 17.8. The number of nitrogens with two attached hydrogens (primary N) is 2. The van der Waals surface area contributed by atoms with Gasteiger partial charge in [-0.25, -0.2) is 18.5 Å². The first-order valence-electron chi connectivity index (χ1n) is 9.72. The molecule has 0 aliphatic carbocycles. The van der Waals surface area contributed by atoms with Crippen molar-refractivity contribution in [2.45, 2.75) is 11.4 Å². The van der Waals surface area contributed by atoms with Crippen molar-refractivity contribution >= 4 is 44.4 Å². The lowest BCUT2D eigenvalue weighted by atomic mass is 10.0. The summed E-state index contributed by atoms with van der Waals surface area (Å²) >= 11 is 0. The van der Waals surface area contributed by atoms with Crippen molar-refractivity contribution in [1.29, 1.82) is 0 Å². The highest BCUT2D eigenvalue weighted by molar-refractivity contribution is 7.89. The van der Waals surface area contributed by atoms with Crippen LogP contribution in [0.25, 0.3) is 22.7 Å². The highest BCUT2D eigenvalue weighted by atomic mass is 32.2. The Morgan fingerprint density at radius 1 is 1.03 bits per heavy atom. The zero-order chi connectivity index (χ0) is 22.7. The Balaban J connectivity index is 1.54. The number of sulfonamides is 1. The lowest BCUT2D eigenvalue weighted by molar-refractivity contribution is -0.112. The fourth-order valence-corrected chi connectivity index (χ4v) is 3.82. The zero-order valence-electron chi connectivity index (χ0n) is 16.9. The maximum absolute atomic E-state index is 12.0. The topological polar surface area (TPSA) is 144 Å². The summed E-state index contributed by atoms with van der Waals surface area (Å²) < 4.78 is 22.7. The summed E-state index contributed by atoms with van der Waals surface area (Å²) in [4.78, 5) is 19.7. The third kappa shape index (κ3) is 4.69. The lowest BCUT2D eigenvalue weighted by Crippen LogP contribution is -2.12. The number of pyridine rings is 1. The number of nitrogens with one attached hydrogen (secondary N) is 2. The van der Waals surface area contributed by atoms with Gasteiger partial charge in [0.2, 0.25) is 15.9 Å². The number of anilines is 1. The molecule has 8 nitrogen and oxygen atoms in total. The number of carbonyl (C=O) groups excluding carboxylic acids is 1. The molecule has 0 aliphatic rings. The number of H-pyrrole nitrogens is 1. The molecule has 0 fully saturated rings. The SMILES string of the molecule is NC(=O)/C(=C/c1c[nH]c2nc(NCc3ccc(S(N)(=O)=O)cc3)ccc12)c1ccccc1. The van der Waals surface area contributed by atoms with Crippen LogP contribution in [0.15, 0.2) is 77.8 Å². The first-order chi connectivity index (χ1) is 15.3. The van der Waals surface area contributed by atoms with Gasteiger partial charge < -0.3 is 16.0 Å². The van der Waals surface area contributed by atoms with Crippen LogP contribution in [0.5, 0.6) is 0 Å². The summed E-state index contributed by atoms with van der Waals surface area (Å²) in [5.41, 5.74) is 9.09. The Labute approximate surface area is 185 Å². The minimum absolute atomic E-state index is 0.0681. The Bertz CT molecular complexity index is 1410. The number of hydrogen-bond acceptors (Lipinski definition) is 5. The van der Waals surface area contributed by atoms with Crippen LogP contribution in [0.2, 0.25) is 0 Å². The molecule has 0 unspecified atom stereocenters. The predicted molar refractivity (Wildman–Crippen MR) is 125 cm³/mol. The second-order valence-corrected chi connectivity index (χ2v) is 8.73. The van der Waals surface area contributed by atoms with Gasteiger partial charge in [0.15, 0.2) is 0 Å². The molecule has 0 saturated heterocycles. The van der Waals surface area contributed by atoms with E-state index >= 15 is 0 Å². The van der Waals surface area contributed by atoms with Crippen molar-refractivity contribution in [3.8, 4) is 0 Å². The number of carbonyl (C=O) groups is 1. The number of amides is 1. The van der Waals surface area contributed by atoms with E-state index in [1.807, 2.05) is 42.5 Å². The van der Waals surface area contributed by atoms with E-state index in [2.05, 4.69) is 15.3 Å². The Morgan fingerprint density at radius 3 is 2.41 bits per heavy atom. The fraction of sp³-hybridized carbons (Fsp3) is 0.0435. The van der Waals surface area contributed by atoms with Crippen LogP contribution >= 0.6 is 0 Å². The van der Waals surface area contributed by atoms with Crippen LogP contribution < -0.4 is 16.2 Å². The summed E-state index contributed by atoms with van der Waals surface area (Å²) in [6.07, 6.45) is 3.53. The molecule has 2 aromatic carbocycles. The lowest BCUT2D eigenvalue weighted by Gasteiger charge is -2.07. The molecular weight excluding hydrogens is 426 g/mol. The number of primary sulfonamides is 1. The van der Waals surface area contributed by atoms with Crippen LogP contribution in [0, 0.1) is 0 Å². The molecule has 0 bridgehead atoms. The number of nitrogens with zero attached hydrogens (tertiary/aromatic N) is 1. The predicted octanol–water partition coefficient (Wildman–Crippen LogP) is 2.85. The molecule has 0 atom stereocenters. The van der Waals surface area contributed by atoms with Gasteiger partial charge in [0.25, 0.3) is 0 Å². The Hall–Kier alpha value is -3.95. The van der Waals surface area contributed by atoms with E-state index in [0.717, 1.165) is 22.1 Å². The van der Waals surface area contributed by atoms with E-state index in [9.17, 15) is 13.2 Å². The number of hydrogen-bond donors (Lipinski definition) is 4. The quantitative estimate of drug-likeness (QED) is 0.322. The van der Waals surface area contributed by atoms with Gasteiger partial charge in [-0.05, 0) is 41.5 Å². The Kier molecular flexibility index (Phi) is 5.76. The molecule has 0 aliphatic heterocycles. The van der Waals surface area contributed by atoms with Crippen molar-refractivity contribution in [1.82, 2.24) is 9.97 Å². The average molecular weight is 448 g/mol. The minimum Gasteiger partial charge on any atom is -0.366 e. The maximum Gasteiger partial charge on any atom is 0.249 e. The van der Waals surface area contributed by atoms with Gasteiger partial charge in [0.05, 0.1) is 4.90 Å². The molecule has 1 amide bonds. The van der Waals surface area contributed by atoms with E-state index in [1.165, 1.54) is 12.1 Å². The third-order valence-electron chi connectivity index (χ3n) is 4.95. The summed E-state index contributed by atoms with van der Waals surface area (Å²) in [5.74, 6) is 0.133. The van der Waals surface area contributed by atoms with E-state index in [0.29, 0.717) is 23.6 Å². The second kappa shape index (κ2) is 8.66. The first kappa shape index (κ1) is 21.3. The van der Waals surface area contributed by atoms with E-state index < -0.39 is 15.9 Å². The summed E-state index contributed by atoms with van der Waals surface area (Å²) in [6.45, 7) is 0.455. The number of primary amides is 1. The summed E-state index contributed by atoms with van der Waals surface area (Å²) in [7, 11) is -3.71. The molecule has 2 heterocycles. The van der Waals surface area contributed by atoms with Crippen molar-refractivity contribution in [3.05, 3.63) is 89.6 Å². The second-order valence-electron chi connectivity index (χ2n) is 7.17. The Morgan fingerprint density at radius 2 is 1.75 bits per heavy atom. The van der Waals surface area contributed by atoms with Crippen LogP contribution in [0.3, 0.4) is 0 Å². The van der Waals surface area contributed by atoms with Crippen LogP contribution in [0.1, 0.15) is 16.7 Å². The van der Waals surface area contributed by atoms with Gasteiger partial charge >= 0.3 is 0 Å². The van der Waals surface area contributed by atoms with Gasteiger partial charge in [-0.3, -0.25) is 4.79 Å². The standard InChI is InChI=1S/C23H21N5O3S/c24-22(29)20(16-4-2-1-3-5-16)12-17-14-27-23-19(17)10-11-21(28-23)26-13-15-6-8-18(9-7-15)32(25,30)31/h1-12,14H,13H2,(H2,24,29)(H2,25,30,31)(H2,26,27,28)/b20-12+. The minimum atomic E-state index is -3.71. The highest BCUT2D eigenvalue weighted by Crippen LogP contribution is 2.24. The molecular formula is C23H21N5O3S. The molecule has 9 heteroatoms. The smallest absolute Gasteiger partial charge is 0.249 e. The van der Waals surface area contributed by atoms with Gasteiger partial charge in [-0.1, -0.05) is 42.5 Å². The van der Waals surface area contributed by atoms with Crippen LogP contribution in [0.4, 0.5) is 5.82 Å². The molecule has 4 rings (SSSR count). The van der Waals surface area contributed by atoms with Gasteiger partial charge in [0.1, 0.15) is 11.5 Å². The highest BCUT2D eigenvalue weighted by Gasteiger charge is 2.11. The first-order valence-corrected chi connectivity index (χ1v) is 11.3. The monoisotopic (exact) mass is 447 g/mol. The number of rotatable bonds is 7. The summed E-state index contributed by atoms with van der Waals surface area (Å²) in [5, 5.41) is 9.17. The van der Waals surface area contributed by atoms with E-state index in [1.54, 1.807) is 24.4 Å². The molecule has 0 spiro atoms. The van der Waals surface area contributed by atoms with Crippen molar-refractivity contribution < 1.29 is 13.2 Å². The van der Waals surface area contributed by atoms with E-state index in [-0.39, 0.29) is 4.90 Å². The van der Waals surface area contributed by atoms with Crippen molar-refractivity contribution in [2.24, 2.45) is 10.9 Å². The van der Waals surface area contributed by atoms with Crippen LogP contribution in [-0.2, 0) is 21.4 Å². The number of fused-ring (bicyclic) bond motifs is 1. The molecule has 4 aromatic rings. The largest absolute Gasteiger partial charge is 0.366 e. The normalized spacial score (nSPS) is 12.1.